The molecular weight excluding hydrogens is 232 g/mol. The smallest absolute Gasteiger partial charge is 0.136 e. The van der Waals surface area contributed by atoms with Gasteiger partial charge in [0, 0.05) is 30.8 Å². The topological polar surface area (TPSA) is 49.8 Å². The molecule has 0 aromatic carbocycles. The van der Waals surface area contributed by atoms with Crippen LogP contribution in [-0.2, 0) is 0 Å². The van der Waals surface area contributed by atoms with E-state index in [0.717, 1.165) is 24.0 Å². The van der Waals surface area contributed by atoms with Gasteiger partial charge in [-0.2, -0.15) is 11.8 Å². The van der Waals surface area contributed by atoms with E-state index in [0.29, 0.717) is 11.2 Å². The fourth-order valence-electron chi connectivity index (χ4n) is 1.54. The van der Waals surface area contributed by atoms with Gasteiger partial charge in [-0.1, -0.05) is 6.92 Å². The number of aromatic nitrogens is 2. The van der Waals surface area contributed by atoms with Gasteiger partial charge in [0.2, 0.25) is 0 Å². The Bertz CT molecular complexity index is 379. The van der Waals surface area contributed by atoms with Gasteiger partial charge in [-0.25, -0.2) is 9.97 Å². The number of hydrogen-bond acceptors (Lipinski definition) is 5. The highest BCUT2D eigenvalue weighted by atomic mass is 32.2. The summed E-state index contributed by atoms with van der Waals surface area (Å²) in [6, 6.07) is 1.97. The lowest BCUT2D eigenvalue weighted by molar-refractivity contribution is 0.914. The molecule has 4 nitrogen and oxygen atoms in total. The zero-order valence-electron chi connectivity index (χ0n) is 10.7. The van der Waals surface area contributed by atoms with E-state index < -0.39 is 0 Å². The Kier molecular flexibility index (Phi) is 4.10. The molecule has 2 N–H and O–H groups in total. The van der Waals surface area contributed by atoms with E-state index in [2.05, 4.69) is 33.8 Å². The molecule has 0 amide bonds. The van der Waals surface area contributed by atoms with Crippen LogP contribution < -0.4 is 10.6 Å². The Balaban J connectivity index is 2.06. The van der Waals surface area contributed by atoms with Crippen molar-refractivity contribution in [3.05, 3.63) is 11.9 Å². The minimum absolute atomic E-state index is 0.585. The number of anilines is 2. The van der Waals surface area contributed by atoms with Crippen molar-refractivity contribution in [1.29, 1.82) is 0 Å². The average Bonchev–Trinajstić information content (AvgIpc) is 3.19. The lowest BCUT2D eigenvalue weighted by Gasteiger charge is -2.12. The normalized spacial score (nSPS) is 16.6. The molecule has 1 aromatic heterocycles. The Hall–Kier alpha value is -0.970. The number of hydrogen-bond donors (Lipinski definition) is 2. The van der Waals surface area contributed by atoms with Crippen LogP contribution in [0.4, 0.5) is 11.6 Å². The lowest BCUT2D eigenvalue weighted by Crippen LogP contribution is -2.14. The third-order valence-corrected chi connectivity index (χ3v) is 3.89. The number of nitrogens with zero attached hydrogens (tertiary/aromatic N) is 2. The van der Waals surface area contributed by atoms with E-state index >= 15 is 0 Å². The summed E-state index contributed by atoms with van der Waals surface area (Å²) in [6.07, 6.45) is 4.59. The van der Waals surface area contributed by atoms with Gasteiger partial charge in [0.15, 0.2) is 0 Å². The van der Waals surface area contributed by atoms with Gasteiger partial charge in [0.05, 0.1) is 0 Å². The maximum Gasteiger partial charge on any atom is 0.136 e. The maximum atomic E-state index is 4.58. The first-order valence-electron chi connectivity index (χ1n) is 6.06. The fourth-order valence-corrected chi connectivity index (χ4v) is 1.79. The number of rotatable bonds is 6. The van der Waals surface area contributed by atoms with Gasteiger partial charge in [-0.3, -0.25) is 0 Å². The highest BCUT2D eigenvalue weighted by Gasteiger charge is 2.27. The quantitative estimate of drug-likeness (QED) is 0.815. The van der Waals surface area contributed by atoms with Crippen molar-refractivity contribution in [3.63, 3.8) is 0 Å². The van der Waals surface area contributed by atoms with Crippen molar-refractivity contribution in [2.75, 3.05) is 30.5 Å². The van der Waals surface area contributed by atoms with Crippen LogP contribution in [0.15, 0.2) is 6.07 Å². The molecule has 0 aliphatic heterocycles. The van der Waals surface area contributed by atoms with E-state index in [4.69, 9.17) is 0 Å². The second-order valence-electron chi connectivity index (χ2n) is 4.45. The monoisotopic (exact) mass is 252 g/mol. The van der Waals surface area contributed by atoms with Crippen LogP contribution in [0.5, 0.6) is 0 Å². The van der Waals surface area contributed by atoms with Crippen LogP contribution in [0, 0.1) is 0 Å². The SMILES string of the molecule is CNc1cc(NCC(C)SC)nc(C2CC2)n1. The van der Waals surface area contributed by atoms with Crippen LogP contribution in [-0.4, -0.2) is 35.1 Å². The summed E-state index contributed by atoms with van der Waals surface area (Å²) in [7, 11) is 1.90. The first-order valence-corrected chi connectivity index (χ1v) is 7.35. The van der Waals surface area contributed by atoms with Crippen LogP contribution in [0.25, 0.3) is 0 Å². The second kappa shape index (κ2) is 5.58. The zero-order valence-corrected chi connectivity index (χ0v) is 11.5. The van der Waals surface area contributed by atoms with Crippen molar-refractivity contribution in [2.45, 2.75) is 30.9 Å². The Morgan fingerprint density at radius 1 is 1.41 bits per heavy atom. The summed E-state index contributed by atoms with van der Waals surface area (Å²) < 4.78 is 0. The van der Waals surface area contributed by atoms with Gasteiger partial charge >= 0.3 is 0 Å². The Morgan fingerprint density at radius 2 is 2.12 bits per heavy atom. The van der Waals surface area contributed by atoms with Crippen LogP contribution in [0.3, 0.4) is 0 Å². The van der Waals surface area contributed by atoms with Gasteiger partial charge in [0.25, 0.3) is 0 Å². The van der Waals surface area contributed by atoms with Gasteiger partial charge in [0.1, 0.15) is 17.5 Å². The van der Waals surface area contributed by atoms with E-state index in [9.17, 15) is 0 Å². The fraction of sp³-hybridized carbons (Fsp3) is 0.667. The third kappa shape index (κ3) is 3.49. The van der Waals surface area contributed by atoms with Crippen LogP contribution in [0.1, 0.15) is 31.5 Å². The molecule has 1 aliphatic carbocycles. The molecule has 1 fully saturated rings. The first kappa shape index (κ1) is 12.5. The third-order valence-electron chi connectivity index (χ3n) is 2.92. The van der Waals surface area contributed by atoms with Crippen molar-refractivity contribution in [3.8, 4) is 0 Å². The highest BCUT2D eigenvalue weighted by Crippen LogP contribution is 2.38. The second-order valence-corrected chi connectivity index (χ2v) is 5.72. The van der Waals surface area contributed by atoms with Crippen LogP contribution >= 0.6 is 11.8 Å². The summed E-state index contributed by atoms with van der Waals surface area (Å²) in [5.74, 6) is 3.41. The van der Waals surface area contributed by atoms with Crippen molar-refractivity contribution in [2.24, 2.45) is 0 Å². The van der Waals surface area contributed by atoms with Gasteiger partial charge < -0.3 is 10.6 Å². The number of nitrogens with one attached hydrogen (secondary N) is 2. The summed E-state index contributed by atoms with van der Waals surface area (Å²) in [5, 5.41) is 7.07. The van der Waals surface area contributed by atoms with Gasteiger partial charge in [-0.15, -0.1) is 0 Å². The molecular formula is C12H20N4S. The molecule has 1 saturated carbocycles. The first-order chi connectivity index (χ1) is 8.22. The molecule has 94 valence electrons. The molecule has 17 heavy (non-hydrogen) atoms. The van der Waals surface area contributed by atoms with E-state index in [-0.39, 0.29) is 0 Å². The molecule has 0 saturated heterocycles. The molecule has 5 heteroatoms. The van der Waals surface area contributed by atoms with E-state index in [1.165, 1.54) is 12.8 Å². The van der Waals surface area contributed by atoms with E-state index in [1.54, 1.807) is 0 Å². The minimum atomic E-state index is 0.585. The molecule has 0 bridgehead atoms. The predicted octanol–water partition coefficient (Wildman–Crippen LogP) is 2.56. The van der Waals surface area contributed by atoms with Crippen molar-refractivity contribution < 1.29 is 0 Å². The van der Waals surface area contributed by atoms with Crippen molar-refractivity contribution >= 4 is 23.4 Å². The molecule has 1 unspecified atom stereocenters. The summed E-state index contributed by atoms with van der Waals surface area (Å²) >= 11 is 1.86. The molecule has 1 aliphatic rings. The molecule has 2 rings (SSSR count). The summed E-state index contributed by atoms with van der Waals surface area (Å²) in [6.45, 7) is 3.14. The van der Waals surface area contributed by atoms with Crippen LogP contribution in [0.2, 0.25) is 0 Å². The van der Waals surface area contributed by atoms with Gasteiger partial charge in [-0.05, 0) is 19.1 Å². The predicted molar refractivity (Wildman–Crippen MR) is 75.0 cm³/mol. The highest BCUT2D eigenvalue weighted by molar-refractivity contribution is 7.99. The minimum Gasteiger partial charge on any atom is -0.373 e. The molecule has 1 aromatic rings. The Labute approximate surface area is 107 Å². The molecule has 0 radical (unpaired) electrons. The maximum absolute atomic E-state index is 4.58. The zero-order chi connectivity index (χ0) is 12.3. The number of thioether (sulfide) groups is 1. The average molecular weight is 252 g/mol. The van der Waals surface area contributed by atoms with E-state index in [1.807, 2.05) is 24.9 Å². The standard InChI is InChI=1S/C12H20N4S/c1-8(17-3)7-14-11-6-10(13-2)15-12(16-11)9-4-5-9/h6,8-9H,4-5,7H2,1-3H3,(H2,13,14,15,16). The summed E-state index contributed by atoms with van der Waals surface area (Å²) in [5.41, 5.74) is 0. The lowest BCUT2D eigenvalue weighted by atomic mass is 10.3. The Morgan fingerprint density at radius 3 is 2.71 bits per heavy atom. The molecule has 1 heterocycles. The summed E-state index contributed by atoms with van der Waals surface area (Å²) in [4.78, 5) is 9.07. The van der Waals surface area contributed by atoms with Crippen molar-refractivity contribution in [1.82, 2.24) is 9.97 Å². The molecule has 0 spiro atoms. The molecule has 1 atom stereocenters. The largest absolute Gasteiger partial charge is 0.373 e.